The highest BCUT2D eigenvalue weighted by molar-refractivity contribution is 5.93. The van der Waals surface area contributed by atoms with Crippen LogP contribution in [0.4, 0.5) is 10.7 Å². The lowest BCUT2D eigenvalue weighted by Gasteiger charge is -2.29. The second-order valence-corrected chi connectivity index (χ2v) is 10.6. The van der Waals surface area contributed by atoms with E-state index in [9.17, 15) is 9.59 Å². The molecular weight excluding hydrogens is 482 g/mol. The zero-order valence-corrected chi connectivity index (χ0v) is 22.8. The lowest BCUT2D eigenvalue weighted by atomic mass is 10.1. The van der Waals surface area contributed by atoms with Gasteiger partial charge < -0.3 is 19.7 Å². The molecule has 0 spiro atoms. The Labute approximate surface area is 224 Å². The molecule has 2 aromatic carbocycles. The minimum atomic E-state index is -0.433. The van der Waals surface area contributed by atoms with Crippen LogP contribution in [0.2, 0.25) is 0 Å². The van der Waals surface area contributed by atoms with Gasteiger partial charge in [0, 0.05) is 36.1 Å². The van der Waals surface area contributed by atoms with E-state index in [-0.39, 0.29) is 24.6 Å². The summed E-state index contributed by atoms with van der Waals surface area (Å²) in [5, 5.41) is 5.90. The Hall–Kier alpha value is -3.85. The van der Waals surface area contributed by atoms with E-state index in [0.29, 0.717) is 24.8 Å². The molecule has 1 saturated heterocycles. The first-order valence-corrected chi connectivity index (χ1v) is 12.9. The van der Waals surface area contributed by atoms with Crippen LogP contribution in [0.5, 0.6) is 5.75 Å². The summed E-state index contributed by atoms with van der Waals surface area (Å²) < 4.78 is 12.9. The summed E-state index contributed by atoms with van der Waals surface area (Å²) in [5.74, 6) is 0.783. The van der Waals surface area contributed by atoms with E-state index >= 15 is 0 Å². The molecule has 1 atom stereocenters. The minimum absolute atomic E-state index is 0.0789. The maximum atomic E-state index is 13.3. The fourth-order valence-corrected chi connectivity index (χ4v) is 4.26. The Morgan fingerprint density at radius 3 is 2.45 bits per heavy atom. The number of aryl methyl sites for hydroxylation is 1. The zero-order chi connectivity index (χ0) is 27.3. The topological polar surface area (TPSA) is 97.7 Å². The van der Waals surface area contributed by atoms with Crippen molar-refractivity contribution in [3.05, 3.63) is 60.3 Å². The first-order chi connectivity index (χ1) is 18.1. The average molecular weight is 520 g/mol. The summed E-state index contributed by atoms with van der Waals surface area (Å²) in [7, 11) is 1.62. The van der Waals surface area contributed by atoms with Gasteiger partial charge in [0.1, 0.15) is 12.3 Å². The van der Waals surface area contributed by atoms with Gasteiger partial charge >= 0.3 is 6.03 Å². The summed E-state index contributed by atoms with van der Waals surface area (Å²) in [5.41, 5.74) is 3.14. The van der Waals surface area contributed by atoms with Gasteiger partial charge in [0.25, 0.3) is 0 Å². The van der Waals surface area contributed by atoms with Gasteiger partial charge in [-0.05, 0) is 76.9 Å². The van der Waals surface area contributed by atoms with Crippen molar-refractivity contribution >= 4 is 17.9 Å². The van der Waals surface area contributed by atoms with E-state index in [1.54, 1.807) is 7.11 Å². The van der Waals surface area contributed by atoms with Crippen molar-refractivity contribution in [1.82, 2.24) is 19.8 Å². The predicted octanol–water partition coefficient (Wildman–Crippen LogP) is 4.78. The van der Waals surface area contributed by atoms with Gasteiger partial charge in [-0.25, -0.2) is 9.78 Å². The number of ether oxygens (including phenoxy) is 2. The molecule has 3 amide bonds. The monoisotopic (exact) mass is 519 g/mol. The summed E-state index contributed by atoms with van der Waals surface area (Å²) in [6, 6.07) is 15.3. The normalized spacial score (nSPS) is 15.2. The van der Waals surface area contributed by atoms with E-state index in [1.165, 1.54) is 4.90 Å². The van der Waals surface area contributed by atoms with Crippen molar-refractivity contribution < 1.29 is 19.1 Å². The number of nitrogens with one attached hydrogen (secondary N) is 2. The van der Waals surface area contributed by atoms with Crippen molar-refractivity contribution in [1.29, 1.82) is 0 Å². The van der Waals surface area contributed by atoms with Crippen LogP contribution in [0.1, 0.15) is 39.2 Å². The van der Waals surface area contributed by atoms with Gasteiger partial charge in [-0.3, -0.25) is 14.7 Å². The Morgan fingerprint density at radius 1 is 1.13 bits per heavy atom. The SMILES string of the molecule is COc1ccc(-c2cn(-c3ccc(C)cc3)c(NC(=O)CN(CC3CCCO3)C(=O)NC(C)(C)C)n2)cc1. The van der Waals surface area contributed by atoms with Crippen molar-refractivity contribution in [2.75, 3.05) is 32.1 Å². The lowest BCUT2D eigenvalue weighted by Crippen LogP contribution is -2.52. The second-order valence-electron chi connectivity index (χ2n) is 10.6. The third-order valence-corrected chi connectivity index (χ3v) is 6.21. The number of anilines is 1. The Bertz CT molecular complexity index is 1240. The van der Waals surface area contributed by atoms with Crippen LogP contribution in [0.3, 0.4) is 0 Å². The van der Waals surface area contributed by atoms with Gasteiger partial charge in [-0.1, -0.05) is 17.7 Å². The third-order valence-electron chi connectivity index (χ3n) is 6.21. The zero-order valence-electron chi connectivity index (χ0n) is 22.8. The largest absolute Gasteiger partial charge is 0.497 e. The smallest absolute Gasteiger partial charge is 0.318 e. The lowest BCUT2D eigenvalue weighted by molar-refractivity contribution is -0.117. The fraction of sp³-hybridized carbons (Fsp3) is 0.414. The van der Waals surface area contributed by atoms with Gasteiger partial charge in [-0.15, -0.1) is 0 Å². The van der Waals surface area contributed by atoms with Crippen LogP contribution < -0.4 is 15.4 Å². The molecule has 0 radical (unpaired) electrons. The van der Waals surface area contributed by atoms with E-state index in [1.807, 2.05) is 87.0 Å². The van der Waals surface area contributed by atoms with Crippen molar-refractivity contribution in [3.8, 4) is 22.7 Å². The minimum Gasteiger partial charge on any atom is -0.497 e. The van der Waals surface area contributed by atoms with Crippen LogP contribution in [0.25, 0.3) is 16.9 Å². The van der Waals surface area contributed by atoms with Crippen LogP contribution >= 0.6 is 0 Å². The van der Waals surface area contributed by atoms with E-state index in [4.69, 9.17) is 14.5 Å². The number of amides is 3. The molecule has 9 nitrogen and oxygen atoms in total. The van der Waals surface area contributed by atoms with Gasteiger partial charge in [0.05, 0.1) is 18.9 Å². The van der Waals surface area contributed by atoms with Gasteiger partial charge in [-0.2, -0.15) is 0 Å². The number of hydrogen-bond acceptors (Lipinski definition) is 5. The van der Waals surface area contributed by atoms with Crippen molar-refractivity contribution in [2.45, 2.75) is 52.2 Å². The number of rotatable bonds is 8. The molecular formula is C29H37N5O4. The van der Waals surface area contributed by atoms with Crippen molar-refractivity contribution in [3.63, 3.8) is 0 Å². The van der Waals surface area contributed by atoms with E-state index in [0.717, 1.165) is 35.4 Å². The second kappa shape index (κ2) is 11.7. The molecule has 9 heteroatoms. The number of urea groups is 1. The maximum absolute atomic E-state index is 13.3. The Kier molecular flexibility index (Phi) is 8.36. The first-order valence-electron chi connectivity index (χ1n) is 12.9. The molecule has 1 aliphatic rings. The molecule has 0 bridgehead atoms. The summed E-state index contributed by atoms with van der Waals surface area (Å²) in [4.78, 5) is 32.6. The molecule has 1 unspecified atom stereocenters. The quantitative estimate of drug-likeness (QED) is 0.446. The molecule has 1 fully saturated rings. The highest BCUT2D eigenvalue weighted by Gasteiger charge is 2.27. The molecule has 1 aliphatic heterocycles. The number of methoxy groups -OCH3 is 1. The number of aromatic nitrogens is 2. The number of benzene rings is 2. The predicted molar refractivity (Wildman–Crippen MR) is 148 cm³/mol. The molecule has 0 saturated carbocycles. The molecule has 3 aromatic rings. The Morgan fingerprint density at radius 2 is 1.84 bits per heavy atom. The Balaban J connectivity index is 1.58. The van der Waals surface area contributed by atoms with Crippen molar-refractivity contribution in [2.24, 2.45) is 0 Å². The summed E-state index contributed by atoms with van der Waals surface area (Å²) in [6.07, 6.45) is 3.63. The average Bonchev–Trinajstić information content (AvgIpc) is 3.53. The number of carbonyl (C=O) groups is 2. The highest BCUT2D eigenvalue weighted by atomic mass is 16.5. The molecule has 2 heterocycles. The maximum Gasteiger partial charge on any atom is 0.318 e. The molecule has 202 valence electrons. The van der Waals surface area contributed by atoms with Crippen LogP contribution in [0, 0.1) is 6.92 Å². The number of hydrogen-bond donors (Lipinski definition) is 2. The van der Waals surface area contributed by atoms with Crippen LogP contribution in [-0.4, -0.2) is 64.8 Å². The molecule has 38 heavy (non-hydrogen) atoms. The molecule has 1 aromatic heterocycles. The molecule has 2 N–H and O–H groups in total. The highest BCUT2D eigenvalue weighted by Crippen LogP contribution is 2.26. The van der Waals surface area contributed by atoms with Crippen LogP contribution in [0.15, 0.2) is 54.7 Å². The fourth-order valence-electron chi connectivity index (χ4n) is 4.26. The first kappa shape index (κ1) is 27.2. The van der Waals surface area contributed by atoms with Gasteiger partial charge in [0.2, 0.25) is 11.9 Å². The third kappa shape index (κ3) is 7.13. The molecule has 0 aliphatic carbocycles. The number of imidazole rings is 1. The number of carbonyl (C=O) groups excluding carboxylic acids is 2. The summed E-state index contributed by atoms with van der Waals surface area (Å²) in [6.45, 7) is 8.65. The van der Waals surface area contributed by atoms with Crippen LogP contribution in [-0.2, 0) is 9.53 Å². The van der Waals surface area contributed by atoms with E-state index in [2.05, 4.69) is 10.6 Å². The standard InChI is InChI=1S/C29H37N5O4/c1-20-8-12-22(13-9-20)34-18-25(21-10-14-23(37-5)15-11-21)30-27(34)31-26(35)19-33(17-24-7-6-16-38-24)28(36)32-29(2,3)4/h8-15,18,24H,6-7,16-17,19H2,1-5H3,(H,32,36)(H,30,31,35). The van der Waals surface area contributed by atoms with Gasteiger partial charge in [0.15, 0.2) is 0 Å². The van der Waals surface area contributed by atoms with E-state index < -0.39 is 5.54 Å². The number of nitrogens with zero attached hydrogens (tertiary/aromatic N) is 3. The summed E-state index contributed by atoms with van der Waals surface area (Å²) >= 11 is 0. The molecule has 4 rings (SSSR count).